The van der Waals surface area contributed by atoms with Crippen molar-refractivity contribution in [1.29, 1.82) is 0 Å². The number of carbonyl (C=O) groups excluding carboxylic acids is 2. The number of carbonyl (C=O) groups is 2. The van der Waals surface area contributed by atoms with Crippen LogP contribution in [0, 0.1) is 0 Å². The number of hydrogen-bond acceptors (Lipinski definition) is 5. The van der Waals surface area contributed by atoms with E-state index in [1.165, 1.54) is 18.4 Å². The molecule has 2 aromatic heterocycles. The first-order chi connectivity index (χ1) is 14.1. The first-order valence-corrected chi connectivity index (χ1v) is 10.7. The van der Waals surface area contributed by atoms with E-state index in [9.17, 15) is 9.59 Å². The van der Waals surface area contributed by atoms with E-state index in [0.717, 1.165) is 49.3 Å². The molecule has 1 amide bonds. The van der Waals surface area contributed by atoms with Crippen molar-refractivity contribution in [3.63, 3.8) is 0 Å². The summed E-state index contributed by atoms with van der Waals surface area (Å²) in [5.74, 6) is -0.0255. The van der Waals surface area contributed by atoms with Gasteiger partial charge in [-0.05, 0) is 55.0 Å². The average Bonchev–Trinajstić information content (AvgIpc) is 3.25. The van der Waals surface area contributed by atoms with Gasteiger partial charge in [-0.25, -0.2) is 9.78 Å². The van der Waals surface area contributed by atoms with Crippen LogP contribution in [0.2, 0.25) is 5.02 Å². The lowest BCUT2D eigenvalue weighted by Gasteiger charge is -2.09. The number of anilines is 1. The van der Waals surface area contributed by atoms with Crippen molar-refractivity contribution >= 4 is 40.5 Å². The van der Waals surface area contributed by atoms with Crippen molar-refractivity contribution in [3.8, 4) is 11.4 Å². The van der Waals surface area contributed by atoms with Crippen molar-refractivity contribution in [2.75, 3.05) is 12.4 Å². The van der Waals surface area contributed by atoms with Crippen molar-refractivity contribution in [3.05, 3.63) is 57.0 Å². The van der Waals surface area contributed by atoms with E-state index in [4.69, 9.17) is 21.3 Å². The third-order valence-electron chi connectivity index (χ3n) is 4.97. The number of thiophene rings is 1. The number of benzene rings is 1. The summed E-state index contributed by atoms with van der Waals surface area (Å²) in [6.07, 6.45) is 3.95. The van der Waals surface area contributed by atoms with Gasteiger partial charge >= 0.3 is 5.97 Å². The van der Waals surface area contributed by atoms with Crippen LogP contribution >= 0.6 is 22.9 Å². The molecule has 1 N–H and O–H groups in total. The van der Waals surface area contributed by atoms with Gasteiger partial charge in [0.25, 0.3) is 5.91 Å². The molecule has 0 atom stereocenters. The number of aromatic nitrogens is 2. The molecule has 150 valence electrons. The fourth-order valence-corrected chi connectivity index (χ4v) is 4.45. The lowest BCUT2D eigenvalue weighted by Crippen LogP contribution is -2.16. The molecule has 6 nitrogen and oxygen atoms in total. The number of esters is 1. The molecule has 0 fully saturated rings. The second-order valence-electron chi connectivity index (χ2n) is 6.81. The minimum absolute atomic E-state index is 0.320. The summed E-state index contributed by atoms with van der Waals surface area (Å²) in [6.45, 7) is 0.819. The summed E-state index contributed by atoms with van der Waals surface area (Å²) in [6, 6.07) is 9.17. The number of hydrogen-bond donors (Lipinski definition) is 1. The molecule has 0 spiro atoms. The van der Waals surface area contributed by atoms with Crippen LogP contribution in [0.15, 0.2) is 35.7 Å². The summed E-state index contributed by atoms with van der Waals surface area (Å²) >= 11 is 7.26. The van der Waals surface area contributed by atoms with E-state index in [-0.39, 0.29) is 5.91 Å². The standard InChI is InChI=1S/C21H20ClN3O3S/c1-28-21(27)18-15(10-12-29-18)23-20(26)17-16-5-3-2-4-11-25(16)19(24-17)13-6-8-14(22)9-7-13/h6-10,12H,2-5,11H2,1H3,(H,23,26). The van der Waals surface area contributed by atoms with Crippen LogP contribution in [0.3, 0.4) is 0 Å². The highest BCUT2D eigenvalue weighted by molar-refractivity contribution is 7.12. The van der Waals surface area contributed by atoms with Gasteiger partial charge in [0.05, 0.1) is 18.5 Å². The van der Waals surface area contributed by atoms with Crippen molar-refractivity contribution < 1.29 is 14.3 Å². The molecule has 0 bridgehead atoms. The molecule has 1 aliphatic rings. The fraction of sp³-hybridized carbons (Fsp3) is 0.286. The van der Waals surface area contributed by atoms with Crippen LogP contribution in [-0.2, 0) is 17.7 Å². The number of fused-ring (bicyclic) bond motifs is 1. The minimum Gasteiger partial charge on any atom is -0.465 e. The predicted octanol–water partition coefficient (Wildman–Crippen LogP) is 5.03. The molecule has 0 saturated heterocycles. The largest absolute Gasteiger partial charge is 0.465 e. The quantitative estimate of drug-likeness (QED) is 0.590. The third-order valence-corrected chi connectivity index (χ3v) is 6.12. The molecular formula is C21H20ClN3O3S. The molecule has 1 aliphatic heterocycles. The molecular weight excluding hydrogens is 410 g/mol. The maximum absolute atomic E-state index is 13.1. The number of amides is 1. The van der Waals surface area contributed by atoms with Gasteiger partial charge in [-0.1, -0.05) is 18.0 Å². The number of rotatable bonds is 4. The van der Waals surface area contributed by atoms with E-state index in [0.29, 0.717) is 21.3 Å². The number of nitrogens with zero attached hydrogens (tertiary/aromatic N) is 2. The van der Waals surface area contributed by atoms with Crippen LogP contribution in [-0.4, -0.2) is 28.5 Å². The number of nitrogens with one attached hydrogen (secondary N) is 1. The highest BCUT2D eigenvalue weighted by atomic mass is 35.5. The number of methoxy groups -OCH3 is 1. The average molecular weight is 430 g/mol. The summed E-state index contributed by atoms with van der Waals surface area (Å²) in [4.78, 5) is 30.1. The molecule has 0 aliphatic carbocycles. The summed E-state index contributed by atoms with van der Waals surface area (Å²) < 4.78 is 6.93. The van der Waals surface area contributed by atoms with Crippen molar-refractivity contribution in [2.24, 2.45) is 0 Å². The van der Waals surface area contributed by atoms with Gasteiger partial charge in [0.2, 0.25) is 0 Å². The Kier molecular flexibility index (Phi) is 5.69. The highest BCUT2D eigenvalue weighted by Crippen LogP contribution is 2.29. The first-order valence-electron chi connectivity index (χ1n) is 9.41. The van der Waals surface area contributed by atoms with E-state index in [1.54, 1.807) is 11.4 Å². The summed E-state index contributed by atoms with van der Waals surface area (Å²) in [7, 11) is 1.32. The normalized spacial score (nSPS) is 13.4. The SMILES string of the molecule is COC(=O)c1sccc1NC(=O)c1nc(-c2ccc(Cl)cc2)n2c1CCCCC2. The fourth-order valence-electron chi connectivity index (χ4n) is 3.56. The first kappa shape index (κ1) is 19.7. The Morgan fingerprint density at radius 2 is 1.97 bits per heavy atom. The lowest BCUT2D eigenvalue weighted by molar-refractivity contribution is 0.0607. The Bertz CT molecular complexity index is 1060. The van der Waals surface area contributed by atoms with Gasteiger partial charge in [0.15, 0.2) is 0 Å². The Labute approximate surface area is 177 Å². The Balaban J connectivity index is 1.72. The van der Waals surface area contributed by atoms with Gasteiger partial charge in [-0.15, -0.1) is 11.3 Å². The van der Waals surface area contributed by atoms with Crippen LogP contribution in [0.4, 0.5) is 5.69 Å². The van der Waals surface area contributed by atoms with Crippen molar-refractivity contribution in [2.45, 2.75) is 32.2 Å². The Morgan fingerprint density at radius 1 is 1.17 bits per heavy atom. The van der Waals surface area contributed by atoms with Crippen LogP contribution in [0.5, 0.6) is 0 Å². The number of imidazole rings is 1. The monoisotopic (exact) mass is 429 g/mol. The van der Waals surface area contributed by atoms with Crippen molar-refractivity contribution in [1.82, 2.24) is 9.55 Å². The minimum atomic E-state index is -0.471. The zero-order valence-electron chi connectivity index (χ0n) is 15.9. The third kappa shape index (κ3) is 3.93. The van der Waals surface area contributed by atoms with Gasteiger partial charge in [-0.2, -0.15) is 0 Å². The zero-order valence-corrected chi connectivity index (χ0v) is 17.5. The second-order valence-corrected chi connectivity index (χ2v) is 8.16. The van der Waals surface area contributed by atoms with E-state index < -0.39 is 5.97 Å². The van der Waals surface area contributed by atoms with Gasteiger partial charge in [0, 0.05) is 17.1 Å². The molecule has 0 unspecified atom stereocenters. The molecule has 3 aromatic rings. The molecule has 0 radical (unpaired) electrons. The zero-order chi connectivity index (χ0) is 20.4. The molecule has 29 heavy (non-hydrogen) atoms. The molecule has 1 aromatic carbocycles. The second kappa shape index (κ2) is 8.39. The topological polar surface area (TPSA) is 73.2 Å². The Hall–Kier alpha value is -2.64. The van der Waals surface area contributed by atoms with Gasteiger partial charge < -0.3 is 14.6 Å². The molecule has 3 heterocycles. The van der Waals surface area contributed by atoms with Crippen LogP contribution in [0.25, 0.3) is 11.4 Å². The molecule has 0 saturated carbocycles. The highest BCUT2D eigenvalue weighted by Gasteiger charge is 2.25. The maximum Gasteiger partial charge on any atom is 0.350 e. The smallest absolute Gasteiger partial charge is 0.350 e. The van der Waals surface area contributed by atoms with Gasteiger partial charge in [-0.3, -0.25) is 4.79 Å². The number of halogens is 1. The lowest BCUT2D eigenvalue weighted by atomic mass is 10.1. The molecule has 8 heteroatoms. The van der Waals surface area contributed by atoms with E-state index in [2.05, 4.69) is 9.88 Å². The summed E-state index contributed by atoms with van der Waals surface area (Å²) in [5.41, 5.74) is 2.69. The molecule has 4 rings (SSSR count). The van der Waals surface area contributed by atoms with E-state index >= 15 is 0 Å². The van der Waals surface area contributed by atoms with Gasteiger partial charge in [0.1, 0.15) is 16.4 Å². The van der Waals surface area contributed by atoms with Crippen LogP contribution < -0.4 is 5.32 Å². The van der Waals surface area contributed by atoms with E-state index in [1.807, 2.05) is 24.3 Å². The number of ether oxygens (including phenoxy) is 1. The Morgan fingerprint density at radius 3 is 2.72 bits per heavy atom. The van der Waals surface area contributed by atoms with Crippen LogP contribution in [0.1, 0.15) is 45.1 Å². The predicted molar refractivity (Wildman–Crippen MR) is 114 cm³/mol. The summed E-state index contributed by atoms with van der Waals surface area (Å²) in [5, 5.41) is 5.24. The maximum atomic E-state index is 13.1.